The first kappa shape index (κ1) is 17.0. The highest BCUT2D eigenvalue weighted by Gasteiger charge is 2.43. The highest BCUT2D eigenvalue weighted by Crippen LogP contribution is 2.36. The van der Waals surface area contributed by atoms with Crippen LogP contribution in [-0.4, -0.2) is 39.8 Å². The molecule has 0 saturated carbocycles. The molecule has 1 atom stereocenters. The van der Waals surface area contributed by atoms with E-state index in [9.17, 15) is 9.59 Å². The molecule has 27 heavy (non-hydrogen) atoms. The van der Waals surface area contributed by atoms with Crippen LogP contribution in [0.15, 0.2) is 78.8 Å². The first-order chi connectivity index (χ1) is 13.2. The van der Waals surface area contributed by atoms with Gasteiger partial charge in [0, 0.05) is 25.5 Å². The highest BCUT2D eigenvalue weighted by atomic mass is 16.2. The van der Waals surface area contributed by atoms with Crippen molar-refractivity contribution in [2.75, 3.05) is 13.1 Å². The summed E-state index contributed by atoms with van der Waals surface area (Å²) < 4.78 is 0. The van der Waals surface area contributed by atoms with Crippen LogP contribution in [0.4, 0.5) is 4.79 Å². The number of hydrogen-bond donors (Lipinski definition) is 1. The van der Waals surface area contributed by atoms with E-state index in [-0.39, 0.29) is 11.9 Å². The summed E-state index contributed by atoms with van der Waals surface area (Å²) in [6, 6.07) is 12.7. The summed E-state index contributed by atoms with van der Waals surface area (Å²) >= 11 is 0. The highest BCUT2D eigenvalue weighted by molar-refractivity contribution is 6.01. The quantitative estimate of drug-likeness (QED) is 0.834. The minimum Gasteiger partial charge on any atom is -0.329 e. The van der Waals surface area contributed by atoms with Gasteiger partial charge in [-0.3, -0.25) is 14.7 Å². The summed E-state index contributed by atoms with van der Waals surface area (Å²) in [6.07, 6.45) is 5.13. The van der Waals surface area contributed by atoms with Gasteiger partial charge in [-0.15, -0.1) is 6.58 Å². The Bertz CT molecular complexity index is 908. The number of carbonyl (C=O) groups is 2. The Kier molecular flexibility index (Phi) is 4.46. The SMILES string of the molecule is C=CCN1C(=O)NC(c2ccccc2)C2=C1CN(Cc1cccnc1)C2=O. The predicted octanol–water partition coefficient (Wildman–Crippen LogP) is 2.63. The second-order valence-electron chi connectivity index (χ2n) is 6.58. The van der Waals surface area contributed by atoms with E-state index in [0.29, 0.717) is 25.2 Å². The van der Waals surface area contributed by atoms with Gasteiger partial charge in [-0.2, -0.15) is 0 Å². The second-order valence-corrected chi connectivity index (χ2v) is 6.58. The van der Waals surface area contributed by atoms with Crippen molar-refractivity contribution in [1.82, 2.24) is 20.1 Å². The number of urea groups is 1. The van der Waals surface area contributed by atoms with Crippen LogP contribution in [0, 0.1) is 0 Å². The van der Waals surface area contributed by atoms with Gasteiger partial charge < -0.3 is 10.2 Å². The molecule has 4 rings (SSSR count). The molecule has 3 heterocycles. The molecule has 0 radical (unpaired) electrons. The largest absolute Gasteiger partial charge is 0.329 e. The van der Waals surface area contributed by atoms with Gasteiger partial charge in [0.1, 0.15) is 0 Å². The fourth-order valence-corrected chi connectivity index (χ4v) is 3.61. The predicted molar refractivity (Wildman–Crippen MR) is 101 cm³/mol. The molecule has 0 spiro atoms. The lowest BCUT2D eigenvalue weighted by Crippen LogP contribution is -2.47. The summed E-state index contributed by atoms with van der Waals surface area (Å²) in [5.41, 5.74) is 3.23. The Morgan fingerprint density at radius 2 is 2.00 bits per heavy atom. The van der Waals surface area contributed by atoms with E-state index in [1.54, 1.807) is 28.3 Å². The van der Waals surface area contributed by atoms with E-state index in [2.05, 4.69) is 16.9 Å². The maximum atomic E-state index is 13.2. The van der Waals surface area contributed by atoms with Crippen molar-refractivity contribution in [2.24, 2.45) is 0 Å². The van der Waals surface area contributed by atoms with E-state index in [1.165, 1.54) is 0 Å². The van der Waals surface area contributed by atoms with E-state index in [4.69, 9.17) is 0 Å². The summed E-state index contributed by atoms with van der Waals surface area (Å²) in [5, 5.41) is 2.98. The molecule has 1 aromatic carbocycles. The molecule has 0 aliphatic carbocycles. The van der Waals surface area contributed by atoms with Crippen LogP contribution in [-0.2, 0) is 11.3 Å². The summed E-state index contributed by atoms with van der Waals surface area (Å²) in [6.45, 7) is 4.95. The molecule has 6 heteroatoms. The second kappa shape index (κ2) is 7.07. The Morgan fingerprint density at radius 3 is 2.70 bits per heavy atom. The van der Waals surface area contributed by atoms with E-state index >= 15 is 0 Å². The summed E-state index contributed by atoms with van der Waals surface area (Å²) in [5.74, 6) is -0.0585. The number of amides is 3. The normalized spacial score (nSPS) is 19.2. The Hall–Kier alpha value is -3.41. The van der Waals surface area contributed by atoms with Crippen molar-refractivity contribution in [3.63, 3.8) is 0 Å². The Balaban J connectivity index is 1.70. The van der Waals surface area contributed by atoms with Gasteiger partial charge in [0.25, 0.3) is 5.91 Å². The van der Waals surface area contributed by atoms with Crippen molar-refractivity contribution >= 4 is 11.9 Å². The zero-order chi connectivity index (χ0) is 18.8. The van der Waals surface area contributed by atoms with E-state index < -0.39 is 6.04 Å². The molecule has 6 nitrogen and oxygen atoms in total. The first-order valence-electron chi connectivity index (χ1n) is 8.84. The zero-order valence-corrected chi connectivity index (χ0v) is 14.8. The number of carbonyl (C=O) groups excluding carboxylic acids is 2. The van der Waals surface area contributed by atoms with Crippen LogP contribution >= 0.6 is 0 Å². The minimum atomic E-state index is -0.443. The third kappa shape index (κ3) is 3.10. The monoisotopic (exact) mass is 360 g/mol. The van der Waals surface area contributed by atoms with Crippen molar-refractivity contribution in [2.45, 2.75) is 12.6 Å². The number of benzene rings is 1. The molecule has 2 aliphatic rings. The number of hydrogen-bond acceptors (Lipinski definition) is 3. The standard InChI is InChI=1S/C21H20N4O2/c1-2-11-25-17-14-24(13-15-7-6-10-22-12-15)20(26)18(17)19(23-21(25)27)16-8-4-3-5-9-16/h2-10,12,19H,1,11,13-14H2,(H,23,27). The zero-order valence-electron chi connectivity index (χ0n) is 14.8. The molecule has 1 aromatic heterocycles. The molecule has 1 unspecified atom stereocenters. The van der Waals surface area contributed by atoms with E-state index in [0.717, 1.165) is 16.8 Å². The Morgan fingerprint density at radius 1 is 1.19 bits per heavy atom. The first-order valence-corrected chi connectivity index (χ1v) is 8.84. The fraction of sp³-hybridized carbons (Fsp3) is 0.190. The van der Waals surface area contributed by atoms with Crippen molar-refractivity contribution in [3.05, 3.63) is 89.9 Å². The van der Waals surface area contributed by atoms with Crippen LogP contribution in [0.3, 0.4) is 0 Å². The van der Waals surface area contributed by atoms with Gasteiger partial charge in [-0.25, -0.2) is 4.79 Å². The molecule has 0 fully saturated rings. The molecule has 0 bridgehead atoms. The average molecular weight is 360 g/mol. The number of nitrogens with zero attached hydrogens (tertiary/aromatic N) is 3. The lowest BCUT2D eigenvalue weighted by molar-refractivity contribution is -0.126. The lowest BCUT2D eigenvalue weighted by atomic mass is 9.95. The van der Waals surface area contributed by atoms with Crippen molar-refractivity contribution in [3.8, 4) is 0 Å². The number of nitrogens with one attached hydrogen (secondary N) is 1. The van der Waals surface area contributed by atoms with E-state index in [1.807, 2.05) is 42.5 Å². The topological polar surface area (TPSA) is 65.5 Å². The smallest absolute Gasteiger partial charge is 0.322 e. The summed E-state index contributed by atoms with van der Waals surface area (Å²) in [4.78, 5) is 33.4. The number of aromatic nitrogens is 1. The molecule has 2 aliphatic heterocycles. The molecule has 3 amide bonds. The van der Waals surface area contributed by atoms with Gasteiger partial charge >= 0.3 is 6.03 Å². The minimum absolute atomic E-state index is 0.0585. The van der Waals surface area contributed by atoms with Crippen LogP contribution < -0.4 is 5.32 Å². The van der Waals surface area contributed by atoms with Gasteiger partial charge in [0.2, 0.25) is 0 Å². The average Bonchev–Trinajstić information content (AvgIpc) is 3.02. The molecule has 136 valence electrons. The molecule has 2 aromatic rings. The Labute approximate surface area is 157 Å². The molecule has 1 N–H and O–H groups in total. The maximum Gasteiger partial charge on any atom is 0.322 e. The fourth-order valence-electron chi connectivity index (χ4n) is 3.61. The van der Waals surface area contributed by atoms with Gasteiger partial charge in [0.15, 0.2) is 0 Å². The van der Waals surface area contributed by atoms with Crippen LogP contribution in [0.25, 0.3) is 0 Å². The van der Waals surface area contributed by atoms with Gasteiger partial charge in [0.05, 0.1) is 23.9 Å². The van der Waals surface area contributed by atoms with Crippen LogP contribution in [0.1, 0.15) is 17.2 Å². The van der Waals surface area contributed by atoms with Crippen molar-refractivity contribution in [1.29, 1.82) is 0 Å². The molecule has 0 saturated heterocycles. The third-order valence-corrected chi connectivity index (χ3v) is 4.84. The van der Waals surface area contributed by atoms with Gasteiger partial charge in [-0.1, -0.05) is 42.5 Å². The van der Waals surface area contributed by atoms with Crippen LogP contribution in [0.5, 0.6) is 0 Å². The number of rotatable bonds is 5. The number of pyridine rings is 1. The molecular weight excluding hydrogens is 340 g/mol. The van der Waals surface area contributed by atoms with Crippen molar-refractivity contribution < 1.29 is 9.59 Å². The summed E-state index contributed by atoms with van der Waals surface area (Å²) in [7, 11) is 0. The molecular formula is C21H20N4O2. The van der Waals surface area contributed by atoms with Crippen LogP contribution in [0.2, 0.25) is 0 Å². The maximum absolute atomic E-state index is 13.2. The lowest BCUT2D eigenvalue weighted by Gasteiger charge is -2.33. The third-order valence-electron chi connectivity index (χ3n) is 4.84. The van der Waals surface area contributed by atoms with Gasteiger partial charge in [-0.05, 0) is 17.2 Å².